The second kappa shape index (κ2) is 7.75. The molecule has 25 heavy (non-hydrogen) atoms. The molecule has 0 heterocycles. The zero-order valence-corrected chi connectivity index (χ0v) is 14.2. The Morgan fingerprint density at radius 2 is 1.88 bits per heavy atom. The van der Waals surface area contributed by atoms with Gasteiger partial charge in [-0.1, -0.05) is 18.2 Å². The zero-order chi connectivity index (χ0) is 18.4. The quantitative estimate of drug-likeness (QED) is 0.576. The number of nitro benzene ring substituents is 1. The third-order valence-electron chi connectivity index (χ3n) is 3.31. The van der Waals surface area contributed by atoms with Gasteiger partial charge in [-0.25, -0.2) is 8.42 Å². The van der Waals surface area contributed by atoms with E-state index in [1.54, 1.807) is 24.3 Å². The largest absolute Gasteiger partial charge is 0.379 e. The number of hydrogen-bond donors (Lipinski definition) is 2. The number of nitrogens with one attached hydrogen (secondary N) is 2. The summed E-state index contributed by atoms with van der Waals surface area (Å²) in [5.41, 5.74) is 0.641. The lowest BCUT2D eigenvalue weighted by Gasteiger charge is -2.08. The van der Waals surface area contributed by atoms with Gasteiger partial charge in [0.15, 0.2) is 9.84 Å². The minimum absolute atomic E-state index is 0.0646. The first kappa shape index (κ1) is 18.4. The molecule has 0 bridgehead atoms. The van der Waals surface area contributed by atoms with Crippen molar-refractivity contribution in [1.29, 1.82) is 0 Å². The summed E-state index contributed by atoms with van der Waals surface area (Å²) in [6.45, 7) is 0.197. The average molecular weight is 363 g/mol. The molecule has 0 saturated carbocycles. The summed E-state index contributed by atoms with van der Waals surface area (Å²) in [4.78, 5) is 22.5. The summed E-state index contributed by atoms with van der Waals surface area (Å²) >= 11 is 0. The molecule has 0 aliphatic rings. The standard InChI is InChI=1S/C16H17N3O5S/c1-25(23,24)13-6-4-5-12(11-13)18-16(20)9-10-17-14-7-2-3-8-15(14)19(21)22/h2-8,11,17H,9-10H2,1H3,(H,18,20). The molecule has 0 fully saturated rings. The van der Waals surface area contributed by atoms with Crippen LogP contribution in [0.5, 0.6) is 0 Å². The fraction of sp³-hybridized carbons (Fsp3) is 0.188. The van der Waals surface area contributed by atoms with Gasteiger partial charge in [0, 0.05) is 31.0 Å². The lowest BCUT2D eigenvalue weighted by atomic mass is 10.2. The molecule has 9 heteroatoms. The summed E-state index contributed by atoms with van der Waals surface area (Å²) in [6, 6.07) is 12.1. The zero-order valence-electron chi connectivity index (χ0n) is 13.4. The second-order valence-corrected chi connectivity index (χ2v) is 7.31. The molecular formula is C16H17N3O5S. The molecule has 2 aromatic carbocycles. The van der Waals surface area contributed by atoms with Crippen molar-refractivity contribution in [3.8, 4) is 0 Å². The number of amides is 1. The van der Waals surface area contributed by atoms with E-state index in [0.29, 0.717) is 11.4 Å². The SMILES string of the molecule is CS(=O)(=O)c1cccc(NC(=O)CCNc2ccccc2[N+](=O)[O-])c1. The number of rotatable bonds is 7. The summed E-state index contributed by atoms with van der Waals surface area (Å²) in [5, 5.41) is 16.4. The highest BCUT2D eigenvalue weighted by Crippen LogP contribution is 2.23. The molecule has 0 aliphatic heterocycles. The molecule has 0 spiro atoms. The fourth-order valence-corrected chi connectivity index (χ4v) is 2.79. The first-order valence-corrected chi connectivity index (χ1v) is 9.24. The molecule has 2 rings (SSSR count). The highest BCUT2D eigenvalue weighted by molar-refractivity contribution is 7.90. The Balaban J connectivity index is 1.93. The first-order valence-electron chi connectivity index (χ1n) is 7.34. The van der Waals surface area contributed by atoms with Crippen molar-refractivity contribution >= 4 is 32.8 Å². The molecule has 8 nitrogen and oxygen atoms in total. The van der Waals surface area contributed by atoms with Crippen LogP contribution >= 0.6 is 0 Å². The van der Waals surface area contributed by atoms with E-state index < -0.39 is 14.8 Å². The average Bonchev–Trinajstić information content (AvgIpc) is 2.54. The molecule has 0 saturated heterocycles. The van der Waals surface area contributed by atoms with Crippen LogP contribution in [0.1, 0.15) is 6.42 Å². The van der Waals surface area contributed by atoms with Gasteiger partial charge in [-0.05, 0) is 24.3 Å². The van der Waals surface area contributed by atoms with E-state index in [4.69, 9.17) is 0 Å². The van der Waals surface area contributed by atoms with Crippen LogP contribution in [-0.4, -0.2) is 32.0 Å². The molecule has 2 aromatic rings. The molecular weight excluding hydrogens is 346 g/mol. The van der Waals surface area contributed by atoms with E-state index >= 15 is 0 Å². The lowest BCUT2D eigenvalue weighted by molar-refractivity contribution is -0.384. The monoisotopic (exact) mass is 363 g/mol. The summed E-state index contributed by atoms with van der Waals surface area (Å²) < 4.78 is 23.0. The van der Waals surface area contributed by atoms with E-state index in [1.807, 2.05) is 0 Å². The number of carbonyl (C=O) groups is 1. The normalized spacial score (nSPS) is 10.9. The third kappa shape index (κ3) is 5.28. The summed E-state index contributed by atoms with van der Waals surface area (Å²) in [6.07, 6.45) is 1.15. The van der Waals surface area contributed by atoms with Gasteiger partial charge < -0.3 is 10.6 Å². The number of hydrogen-bond acceptors (Lipinski definition) is 6. The fourth-order valence-electron chi connectivity index (χ4n) is 2.12. The maximum atomic E-state index is 11.9. The maximum Gasteiger partial charge on any atom is 0.292 e. The van der Waals surface area contributed by atoms with Crippen LogP contribution in [0, 0.1) is 10.1 Å². The predicted molar refractivity (Wildman–Crippen MR) is 94.4 cm³/mol. The Bertz CT molecular complexity index is 896. The van der Waals surface area contributed by atoms with Crippen LogP contribution in [0.4, 0.5) is 17.1 Å². The van der Waals surface area contributed by atoms with Crippen LogP contribution in [0.3, 0.4) is 0 Å². The molecule has 0 aliphatic carbocycles. The summed E-state index contributed by atoms with van der Waals surface area (Å²) in [7, 11) is -3.35. The molecule has 2 N–H and O–H groups in total. The number of anilines is 2. The van der Waals surface area contributed by atoms with Crippen molar-refractivity contribution in [2.24, 2.45) is 0 Å². The molecule has 0 aromatic heterocycles. The summed E-state index contributed by atoms with van der Waals surface area (Å²) in [5.74, 6) is -0.336. The van der Waals surface area contributed by atoms with Crippen LogP contribution in [-0.2, 0) is 14.6 Å². The second-order valence-electron chi connectivity index (χ2n) is 5.30. The number of para-hydroxylation sites is 2. The molecule has 0 unspecified atom stereocenters. The van der Waals surface area contributed by atoms with Crippen molar-refractivity contribution in [3.05, 3.63) is 58.6 Å². The lowest BCUT2D eigenvalue weighted by Crippen LogP contribution is -2.16. The van der Waals surface area contributed by atoms with Crippen LogP contribution in [0.25, 0.3) is 0 Å². The van der Waals surface area contributed by atoms with E-state index in [2.05, 4.69) is 10.6 Å². The topological polar surface area (TPSA) is 118 Å². The van der Waals surface area contributed by atoms with Gasteiger partial charge in [0.25, 0.3) is 5.69 Å². The highest BCUT2D eigenvalue weighted by Gasteiger charge is 2.12. The number of carbonyl (C=O) groups excluding carboxylic acids is 1. The number of nitrogens with zero attached hydrogens (tertiary/aromatic N) is 1. The minimum atomic E-state index is -3.35. The molecule has 0 atom stereocenters. The number of nitro groups is 1. The van der Waals surface area contributed by atoms with E-state index in [0.717, 1.165) is 6.26 Å². The Hall–Kier alpha value is -2.94. The van der Waals surface area contributed by atoms with Crippen molar-refractivity contribution < 1.29 is 18.1 Å². The van der Waals surface area contributed by atoms with Gasteiger partial charge in [-0.15, -0.1) is 0 Å². The van der Waals surface area contributed by atoms with E-state index in [1.165, 1.54) is 24.3 Å². The predicted octanol–water partition coefficient (Wildman–Crippen LogP) is 2.44. The van der Waals surface area contributed by atoms with Crippen LogP contribution in [0.15, 0.2) is 53.4 Å². The number of sulfone groups is 1. The van der Waals surface area contributed by atoms with Crippen molar-refractivity contribution in [1.82, 2.24) is 0 Å². The van der Waals surface area contributed by atoms with Crippen LogP contribution in [0.2, 0.25) is 0 Å². The molecule has 1 amide bonds. The molecule has 132 valence electrons. The Kier molecular flexibility index (Phi) is 5.71. The van der Waals surface area contributed by atoms with Gasteiger partial charge in [0.1, 0.15) is 5.69 Å². The maximum absolute atomic E-state index is 11.9. The highest BCUT2D eigenvalue weighted by atomic mass is 32.2. The van der Waals surface area contributed by atoms with Crippen molar-refractivity contribution in [2.75, 3.05) is 23.4 Å². The Labute approximate surface area is 144 Å². The number of benzene rings is 2. The Morgan fingerprint density at radius 1 is 1.16 bits per heavy atom. The van der Waals surface area contributed by atoms with E-state index in [-0.39, 0.29) is 29.5 Å². The Morgan fingerprint density at radius 3 is 2.56 bits per heavy atom. The smallest absolute Gasteiger partial charge is 0.292 e. The van der Waals surface area contributed by atoms with Gasteiger partial charge in [-0.3, -0.25) is 14.9 Å². The minimum Gasteiger partial charge on any atom is -0.379 e. The molecule has 0 radical (unpaired) electrons. The van der Waals surface area contributed by atoms with Crippen LogP contribution < -0.4 is 10.6 Å². The van der Waals surface area contributed by atoms with E-state index in [9.17, 15) is 23.3 Å². The first-order chi connectivity index (χ1) is 11.8. The van der Waals surface area contributed by atoms with Crippen molar-refractivity contribution in [3.63, 3.8) is 0 Å². The van der Waals surface area contributed by atoms with Gasteiger partial charge in [-0.2, -0.15) is 0 Å². The third-order valence-corrected chi connectivity index (χ3v) is 4.42. The van der Waals surface area contributed by atoms with Gasteiger partial charge >= 0.3 is 0 Å². The van der Waals surface area contributed by atoms with Crippen molar-refractivity contribution in [2.45, 2.75) is 11.3 Å². The van der Waals surface area contributed by atoms with Gasteiger partial charge in [0.2, 0.25) is 5.91 Å². The van der Waals surface area contributed by atoms with Gasteiger partial charge in [0.05, 0.1) is 9.82 Å².